The van der Waals surface area contributed by atoms with Gasteiger partial charge < -0.3 is 9.80 Å². The summed E-state index contributed by atoms with van der Waals surface area (Å²) in [6.45, 7) is 2.88. The molecule has 1 saturated carbocycles. The molecule has 2 amide bonds. The van der Waals surface area contributed by atoms with E-state index in [0.29, 0.717) is 12.5 Å². The van der Waals surface area contributed by atoms with Crippen molar-refractivity contribution in [3.63, 3.8) is 0 Å². The maximum atomic E-state index is 13.5. The Morgan fingerprint density at radius 3 is 2.73 bits per heavy atom. The Hall–Kier alpha value is -1.49. The van der Waals surface area contributed by atoms with Gasteiger partial charge in [0.1, 0.15) is 6.04 Å². The highest BCUT2D eigenvalue weighted by Crippen LogP contribution is 2.47. The van der Waals surface area contributed by atoms with Crippen LogP contribution in [0, 0.1) is 0 Å². The van der Waals surface area contributed by atoms with Crippen LogP contribution in [0.2, 0.25) is 0 Å². The van der Waals surface area contributed by atoms with E-state index in [4.69, 9.17) is 0 Å². The summed E-state index contributed by atoms with van der Waals surface area (Å²) in [6.07, 6.45) is 6.96. The number of carbonyl (C=O) groups excluding carboxylic acids is 2. The predicted octanol–water partition coefficient (Wildman–Crippen LogP) is 3.45. The summed E-state index contributed by atoms with van der Waals surface area (Å²) in [4.78, 5) is 29.8. The quantitative estimate of drug-likeness (QED) is 0.795. The van der Waals surface area contributed by atoms with E-state index in [-0.39, 0.29) is 22.7 Å². The van der Waals surface area contributed by atoms with Gasteiger partial charge >= 0.3 is 0 Å². The molecular formula is C21H28N2O2S. The molecule has 2 aliphatic heterocycles. The van der Waals surface area contributed by atoms with Crippen LogP contribution in [0.4, 0.5) is 0 Å². The minimum absolute atomic E-state index is 0.158. The Bertz CT molecular complexity index is 674. The minimum atomic E-state index is -0.267. The lowest BCUT2D eigenvalue weighted by molar-refractivity contribution is -0.145. The lowest BCUT2D eigenvalue weighted by atomic mass is 10.1. The zero-order valence-electron chi connectivity index (χ0n) is 15.5. The van der Waals surface area contributed by atoms with Crippen LogP contribution in [0.5, 0.6) is 0 Å². The summed E-state index contributed by atoms with van der Waals surface area (Å²) in [5.74, 6) is 1.08. The first-order chi connectivity index (χ1) is 12.6. The van der Waals surface area contributed by atoms with Gasteiger partial charge in [-0.15, -0.1) is 11.8 Å². The Kier molecular flexibility index (Phi) is 5.00. The predicted molar refractivity (Wildman–Crippen MR) is 105 cm³/mol. The van der Waals surface area contributed by atoms with Gasteiger partial charge in [-0.3, -0.25) is 9.59 Å². The molecule has 1 aromatic carbocycles. The minimum Gasteiger partial charge on any atom is -0.338 e. The Morgan fingerprint density at radius 1 is 1.27 bits per heavy atom. The highest BCUT2D eigenvalue weighted by Gasteiger charge is 2.54. The fraction of sp³-hybridized carbons (Fsp3) is 0.619. The molecule has 5 heteroatoms. The molecule has 2 heterocycles. The number of fused-ring (bicyclic) bond motifs is 1. The highest BCUT2D eigenvalue weighted by atomic mass is 32.2. The van der Waals surface area contributed by atoms with Crippen LogP contribution in [0.3, 0.4) is 0 Å². The molecule has 0 spiro atoms. The first-order valence-electron chi connectivity index (χ1n) is 9.89. The van der Waals surface area contributed by atoms with Crippen molar-refractivity contribution in [1.82, 2.24) is 9.80 Å². The molecule has 2 saturated heterocycles. The first kappa shape index (κ1) is 17.9. The summed E-state index contributed by atoms with van der Waals surface area (Å²) in [6, 6.07) is 10.5. The molecule has 3 fully saturated rings. The van der Waals surface area contributed by atoms with Crippen molar-refractivity contribution in [2.75, 3.05) is 12.3 Å². The van der Waals surface area contributed by atoms with E-state index >= 15 is 0 Å². The van der Waals surface area contributed by atoms with Crippen molar-refractivity contribution < 1.29 is 9.59 Å². The third-order valence-corrected chi connectivity index (χ3v) is 7.77. The van der Waals surface area contributed by atoms with Crippen molar-refractivity contribution in [2.45, 2.75) is 68.8 Å². The van der Waals surface area contributed by atoms with Gasteiger partial charge in [0.15, 0.2) is 0 Å². The van der Waals surface area contributed by atoms with Crippen LogP contribution < -0.4 is 0 Å². The van der Waals surface area contributed by atoms with E-state index in [2.05, 4.69) is 36.1 Å². The third-order valence-electron chi connectivity index (χ3n) is 6.26. The second-order valence-electron chi connectivity index (χ2n) is 7.97. The summed E-state index contributed by atoms with van der Waals surface area (Å²) in [5.41, 5.74) is 1.27. The molecule has 0 aromatic heterocycles. The molecule has 140 valence electrons. The molecule has 26 heavy (non-hydrogen) atoms. The average Bonchev–Trinajstić information content (AvgIpc) is 3.35. The van der Waals surface area contributed by atoms with E-state index in [0.717, 1.165) is 38.0 Å². The largest absolute Gasteiger partial charge is 0.338 e. The van der Waals surface area contributed by atoms with Gasteiger partial charge in [-0.1, -0.05) is 43.2 Å². The lowest BCUT2D eigenvalue weighted by Crippen LogP contribution is -2.53. The first-order valence-corrected chi connectivity index (χ1v) is 10.9. The van der Waals surface area contributed by atoms with Gasteiger partial charge in [-0.05, 0) is 38.2 Å². The molecule has 4 nitrogen and oxygen atoms in total. The van der Waals surface area contributed by atoms with Crippen molar-refractivity contribution in [2.24, 2.45) is 0 Å². The number of hydrogen-bond donors (Lipinski definition) is 0. The fourth-order valence-electron chi connectivity index (χ4n) is 4.78. The van der Waals surface area contributed by atoms with E-state index < -0.39 is 0 Å². The van der Waals surface area contributed by atoms with Gasteiger partial charge in [0.2, 0.25) is 11.8 Å². The van der Waals surface area contributed by atoms with Crippen LogP contribution in [0.25, 0.3) is 0 Å². The van der Waals surface area contributed by atoms with Crippen molar-refractivity contribution in [3.05, 3.63) is 35.9 Å². The van der Waals surface area contributed by atoms with Gasteiger partial charge in [-0.2, -0.15) is 0 Å². The van der Waals surface area contributed by atoms with E-state index in [9.17, 15) is 9.59 Å². The highest BCUT2D eigenvalue weighted by molar-refractivity contribution is 8.01. The van der Waals surface area contributed by atoms with Crippen LogP contribution in [-0.2, 0) is 16.0 Å². The van der Waals surface area contributed by atoms with Crippen molar-refractivity contribution in [3.8, 4) is 0 Å². The van der Waals surface area contributed by atoms with Crippen LogP contribution in [-0.4, -0.2) is 50.9 Å². The second kappa shape index (κ2) is 7.26. The van der Waals surface area contributed by atoms with Crippen molar-refractivity contribution in [1.29, 1.82) is 0 Å². The topological polar surface area (TPSA) is 40.6 Å². The molecule has 1 aromatic rings. The normalized spacial score (nSPS) is 28.6. The van der Waals surface area contributed by atoms with Gasteiger partial charge in [-0.25, -0.2) is 0 Å². The zero-order chi connectivity index (χ0) is 18.1. The summed E-state index contributed by atoms with van der Waals surface area (Å²) < 4.78 is 0. The summed E-state index contributed by atoms with van der Waals surface area (Å²) in [7, 11) is 0. The second-order valence-corrected chi connectivity index (χ2v) is 9.47. The molecule has 2 atom stereocenters. The molecule has 1 aliphatic carbocycles. The number of amides is 2. The SMILES string of the molecule is CC12CCC(=O)N1C(C(=O)N(CCc1ccccc1)C1CCCC1)CS2. The summed E-state index contributed by atoms with van der Waals surface area (Å²) in [5, 5.41) is 0. The van der Waals surface area contributed by atoms with Gasteiger partial charge in [0.05, 0.1) is 4.87 Å². The maximum Gasteiger partial charge on any atom is 0.246 e. The number of hydrogen-bond acceptors (Lipinski definition) is 3. The number of rotatable bonds is 5. The van der Waals surface area contributed by atoms with Crippen LogP contribution in [0.1, 0.15) is 51.0 Å². The third kappa shape index (κ3) is 3.26. The molecule has 4 rings (SSSR count). The monoisotopic (exact) mass is 372 g/mol. The molecular weight excluding hydrogens is 344 g/mol. The Labute approximate surface area is 160 Å². The Morgan fingerprint density at radius 2 is 2.00 bits per heavy atom. The zero-order valence-corrected chi connectivity index (χ0v) is 16.3. The molecule has 3 aliphatic rings. The van der Waals surface area contributed by atoms with Crippen molar-refractivity contribution >= 4 is 23.6 Å². The standard InChI is InChI=1S/C21H28N2O2S/c1-21-13-11-19(24)23(21)18(15-26-21)20(25)22(17-9-5-6-10-17)14-12-16-7-3-2-4-8-16/h2-4,7-8,17-18H,5-6,9-15H2,1H3. The Balaban J connectivity index is 1.51. The number of nitrogens with zero attached hydrogens (tertiary/aromatic N) is 2. The van der Waals surface area contributed by atoms with Gasteiger partial charge in [0, 0.05) is 24.8 Å². The smallest absolute Gasteiger partial charge is 0.246 e. The molecule has 0 N–H and O–H groups in total. The van der Waals surface area contributed by atoms with Gasteiger partial charge in [0.25, 0.3) is 0 Å². The molecule has 0 radical (unpaired) electrons. The van der Waals surface area contributed by atoms with E-state index in [1.807, 2.05) is 11.0 Å². The summed E-state index contributed by atoms with van der Waals surface area (Å²) >= 11 is 1.79. The van der Waals surface area contributed by atoms with Crippen LogP contribution in [0.15, 0.2) is 30.3 Å². The number of thioether (sulfide) groups is 1. The molecule has 2 unspecified atom stereocenters. The fourth-order valence-corrected chi connectivity index (χ4v) is 6.20. The maximum absolute atomic E-state index is 13.5. The average molecular weight is 373 g/mol. The van der Waals surface area contributed by atoms with E-state index in [1.165, 1.54) is 18.4 Å². The molecule has 0 bridgehead atoms. The van der Waals surface area contributed by atoms with E-state index in [1.54, 1.807) is 11.8 Å². The van der Waals surface area contributed by atoms with Crippen LogP contribution >= 0.6 is 11.8 Å². The number of benzene rings is 1. The number of carbonyl (C=O) groups is 2. The lowest BCUT2D eigenvalue weighted by Gasteiger charge is -2.36.